The van der Waals surface area contributed by atoms with Crippen LogP contribution in [0.15, 0.2) is 30.3 Å². The third kappa shape index (κ3) is 3.72. The standard InChI is InChI=1S/C12H18N2O/c1-10(13)12(15)14(2)9-8-11-6-4-3-5-7-11/h3-7,10H,8-9,13H2,1-2H3/t10-/m1/s1. The van der Waals surface area contributed by atoms with Crippen molar-refractivity contribution in [3.63, 3.8) is 0 Å². The summed E-state index contributed by atoms with van der Waals surface area (Å²) in [6.07, 6.45) is 0.871. The first-order valence-electron chi connectivity index (χ1n) is 5.15. The Morgan fingerprint density at radius 1 is 1.40 bits per heavy atom. The Kier molecular flexibility index (Phi) is 4.31. The average molecular weight is 206 g/mol. The van der Waals surface area contributed by atoms with Gasteiger partial charge in [-0.25, -0.2) is 0 Å². The molecule has 0 spiro atoms. The van der Waals surface area contributed by atoms with Crippen LogP contribution in [0.5, 0.6) is 0 Å². The molecule has 2 N–H and O–H groups in total. The Balaban J connectivity index is 2.41. The Labute approximate surface area is 90.9 Å². The minimum Gasteiger partial charge on any atom is -0.344 e. The lowest BCUT2D eigenvalue weighted by molar-refractivity contribution is -0.130. The molecule has 0 aromatic heterocycles. The SMILES string of the molecule is C[C@@H](N)C(=O)N(C)CCc1ccccc1. The monoisotopic (exact) mass is 206 g/mol. The van der Waals surface area contributed by atoms with E-state index < -0.39 is 6.04 Å². The summed E-state index contributed by atoms with van der Waals surface area (Å²) in [5, 5.41) is 0. The van der Waals surface area contributed by atoms with Gasteiger partial charge in [0.05, 0.1) is 6.04 Å². The topological polar surface area (TPSA) is 46.3 Å². The summed E-state index contributed by atoms with van der Waals surface area (Å²) in [5.74, 6) is -0.00840. The largest absolute Gasteiger partial charge is 0.344 e. The van der Waals surface area contributed by atoms with E-state index in [2.05, 4.69) is 12.1 Å². The van der Waals surface area contributed by atoms with E-state index in [4.69, 9.17) is 5.73 Å². The lowest BCUT2D eigenvalue weighted by Gasteiger charge is -2.19. The molecule has 0 bridgehead atoms. The first-order chi connectivity index (χ1) is 7.11. The van der Waals surface area contributed by atoms with Crippen LogP contribution < -0.4 is 5.73 Å². The average Bonchev–Trinajstić information content (AvgIpc) is 2.26. The Bertz CT molecular complexity index is 309. The summed E-state index contributed by atoms with van der Waals surface area (Å²) in [5.41, 5.74) is 6.75. The van der Waals surface area contributed by atoms with Crippen molar-refractivity contribution in [2.24, 2.45) is 5.73 Å². The van der Waals surface area contributed by atoms with Crippen molar-refractivity contribution < 1.29 is 4.79 Å². The van der Waals surface area contributed by atoms with Crippen molar-refractivity contribution in [3.05, 3.63) is 35.9 Å². The van der Waals surface area contributed by atoms with Crippen molar-refractivity contribution in [1.82, 2.24) is 4.90 Å². The smallest absolute Gasteiger partial charge is 0.238 e. The van der Waals surface area contributed by atoms with E-state index in [1.54, 1.807) is 18.9 Å². The highest BCUT2D eigenvalue weighted by Crippen LogP contribution is 2.01. The second kappa shape index (κ2) is 5.51. The summed E-state index contributed by atoms with van der Waals surface area (Å²) in [6, 6.07) is 9.70. The Morgan fingerprint density at radius 2 is 2.00 bits per heavy atom. The normalized spacial score (nSPS) is 12.2. The van der Waals surface area contributed by atoms with Gasteiger partial charge >= 0.3 is 0 Å². The third-order valence-corrected chi connectivity index (χ3v) is 2.34. The predicted octanol–water partition coefficient (Wildman–Crippen LogP) is 1.03. The molecule has 82 valence electrons. The van der Waals surface area contributed by atoms with Crippen LogP contribution in [0.3, 0.4) is 0 Å². The molecular weight excluding hydrogens is 188 g/mol. The van der Waals surface area contributed by atoms with Gasteiger partial charge in [0, 0.05) is 13.6 Å². The second-order valence-corrected chi connectivity index (χ2v) is 3.78. The highest BCUT2D eigenvalue weighted by molar-refractivity contribution is 5.80. The molecule has 1 aromatic carbocycles. The summed E-state index contributed by atoms with van der Waals surface area (Å²) in [4.78, 5) is 13.1. The zero-order valence-electron chi connectivity index (χ0n) is 9.31. The maximum Gasteiger partial charge on any atom is 0.238 e. The summed E-state index contributed by atoms with van der Waals surface area (Å²) in [7, 11) is 1.79. The fourth-order valence-corrected chi connectivity index (χ4v) is 1.40. The maximum absolute atomic E-state index is 11.5. The fourth-order valence-electron chi connectivity index (χ4n) is 1.40. The third-order valence-electron chi connectivity index (χ3n) is 2.34. The van der Waals surface area contributed by atoms with Crippen LogP contribution in [-0.2, 0) is 11.2 Å². The number of carbonyl (C=O) groups is 1. The van der Waals surface area contributed by atoms with Gasteiger partial charge in [-0.3, -0.25) is 4.79 Å². The Morgan fingerprint density at radius 3 is 2.53 bits per heavy atom. The molecule has 1 rings (SSSR count). The number of carbonyl (C=O) groups excluding carboxylic acids is 1. The quantitative estimate of drug-likeness (QED) is 0.800. The number of amides is 1. The van der Waals surface area contributed by atoms with E-state index in [0.29, 0.717) is 6.54 Å². The van der Waals surface area contributed by atoms with Crippen molar-refractivity contribution in [1.29, 1.82) is 0 Å². The molecule has 0 aliphatic carbocycles. The minimum absolute atomic E-state index is 0.00840. The van der Waals surface area contributed by atoms with Crippen molar-refractivity contribution in [2.75, 3.05) is 13.6 Å². The van der Waals surface area contributed by atoms with Gasteiger partial charge in [0.2, 0.25) is 5.91 Å². The van der Waals surface area contributed by atoms with Gasteiger partial charge in [0.1, 0.15) is 0 Å². The zero-order valence-corrected chi connectivity index (χ0v) is 9.31. The molecule has 0 aliphatic heterocycles. The molecule has 0 heterocycles. The molecule has 1 amide bonds. The van der Waals surface area contributed by atoms with Gasteiger partial charge in [0.25, 0.3) is 0 Å². The van der Waals surface area contributed by atoms with Crippen LogP contribution in [0.2, 0.25) is 0 Å². The van der Waals surface area contributed by atoms with Crippen LogP contribution in [0.25, 0.3) is 0 Å². The molecule has 0 radical (unpaired) electrons. The number of likely N-dealkylation sites (N-methyl/N-ethyl adjacent to an activating group) is 1. The molecule has 1 aromatic rings. The van der Waals surface area contributed by atoms with Gasteiger partial charge in [-0.2, -0.15) is 0 Å². The number of nitrogens with two attached hydrogens (primary N) is 1. The number of rotatable bonds is 4. The molecular formula is C12H18N2O. The van der Waals surface area contributed by atoms with Crippen LogP contribution in [0.4, 0.5) is 0 Å². The fraction of sp³-hybridized carbons (Fsp3) is 0.417. The van der Waals surface area contributed by atoms with Gasteiger partial charge in [0.15, 0.2) is 0 Å². The zero-order chi connectivity index (χ0) is 11.3. The van der Waals surface area contributed by atoms with Crippen molar-refractivity contribution >= 4 is 5.91 Å². The predicted molar refractivity (Wildman–Crippen MR) is 61.4 cm³/mol. The van der Waals surface area contributed by atoms with E-state index in [1.807, 2.05) is 18.2 Å². The summed E-state index contributed by atoms with van der Waals surface area (Å²) in [6.45, 7) is 2.42. The van der Waals surface area contributed by atoms with Crippen LogP contribution in [0.1, 0.15) is 12.5 Å². The molecule has 1 atom stereocenters. The second-order valence-electron chi connectivity index (χ2n) is 3.78. The first-order valence-corrected chi connectivity index (χ1v) is 5.15. The van der Waals surface area contributed by atoms with E-state index in [0.717, 1.165) is 6.42 Å². The van der Waals surface area contributed by atoms with E-state index in [1.165, 1.54) is 5.56 Å². The van der Waals surface area contributed by atoms with E-state index >= 15 is 0 Å². The molecule has 0 saturated heterocycles. The van der Waals surface area contributed by atoms with Crippen LogP contribution in [-0.4, -0.2) is 30.4 Å². The molecule has 0 fully saturated rings. The van der Waals surface area contributed by atoms with Gasteiger partial charge < -0.3 is 10.6 Å². The number of benzene rings is 1. The maximum atomic E-state index is 11.5. The molecule has 15 heavy (non-hydrogen) atoms. The summed E-state index contributed by atoms with van der Waals surface area (Å²) < 4.78 is 0. The highest BCUT2D eigenvalue weighted by atomic mass is 16.2. The first kappa shape index (κ1) is 11.7. The van der Waals surface area contributed by atoms with Crippen molar-refractivity contribution in [2.45, 2.75) is 19.4 Å². The highest BCUT2D eigenvalue weighted by Gasteiger charge is 2.12. The van der Waals surface area contributed by atoms with E-state index in [-0.39, 0.29) is 5.91 Å². The lowest BCUT2D eigenvalue weighted by Crippen LogP contribution is -2.40. The summed E-state index contributed by atoms with van der Waals surface area (Å²) >= 11 is 0. The molecule has 3 nitrogen and oxygen atoms in total. The molecule has 0 unspecified atom stereocenters. The lowest BCUT2D eigenvalue weighted by atomic mass is 10.1. The van der Waals surface area contributed by atoms with Gasteiger partial charge in [-0.05, 0) is 18.9 Å². The molecule has 3 heteroatoms. The Hall–Kier alpha value is -1.35. The van der Waals surface area contributed by atoms with E-state index in [9.17, 15) is 4.79 Å². The molecule has 0 saturated carbocycles. The number of nitrogens with zero attached hydrogens (tertiary/aromatic N) is 1. The van der Waals surface area contributed by atoms with Crippen LogP contribution >= 0.6 is 0 Å². The van der Waals surface area contributed by atoms with Gasteiger partial charge in [-0.15, -0.1) is 0 Å². The minimum atomic E-state index is -0.411. The molecule has 0 aliphatic rings. The van der Waals surface area contributed by atoms with Gasteiger partial charge in [-0.1, -0.05) is 30.3 Å². The number of hydrogen-bond acceptors (Lipinski definition) is 2. The number of hydrogen-bond donors (Lipinski definition) is 1. The van der Waals surface area contributed by atoms with Crippen LogP contribution in [0, 0.1) is 0 Å². The van der Waals surface area contributed by atoms with Crippen molar-refractivity contribution in [3.8, 4) is 0 Å².